The molecule has 1 heterocycles. The zero-order valence-electron chi connectivity index (χ0n) is 13.0. The third kappa shape index (κ3) is 4.65. The summed E-state index contributed by atoms with van der Waals surface area (Å²) >= 11 is 5.94. The van der Waals surface area contributed by atoms with Crippen LogP contribution in [-0.4, -0.2) is 26.0 Å². The molecule has 0 radical (unpaired) electrons. The molecule has 0 saturated carbocycles. The second-order valence-corrected chi connectivity index (χ2v) is 5.44. The van der Waals surface area contributed by atoms with Crippen LogP contribution in [0.25, 0.3) is 0 Å². The predicted octanol–water partition coefficient (Wildman–Crippen LogP) is 3.58. The molecule has 7 nitrogen and oxygen atoms in total. The van der Waals surface area contributed by atoms with E-state index in [4.69, 9.17) is 16.7 Å². The lowest BCUT2D eigenvalue weighted by Crippen LogP contribution is -2.07. The van der Waals surface area contributed by atoms with Crippen molar-refractivity contribution in [3.05, 3.63) is 71.0 Å². The van der Waals surface area contributed by atoms with E-state index >= 15 is 0 Å². The van der Waals surface area contributed by atoms with Gasteiger partial charge in [-0.25, -0.2) is 4.79 Å². The molecule has 0 aliphatic rings. The van der Waals surface area contributed by atoms with E-state index in [0.717, 1.165) is 5.56 Å². The highest BCUT2D eigenvalue weighted by Gasteiger charge is 2.07. The molecule has 0 aliphatic carbocycles. The van der Waals surface area contributed by atoms with E-state index in [1.54, 1.807) is 12.1 Å². The Morgan fingerprint density at radius 3 is 2.32 bits per heavy atom. The summed E-state index contributed by atoms with van der Waals surface area (Å²) in [6.07, 6.45) is 0. The Hall–Kier alpha value is -3.19. The number of carboxylic acid groups (broad SMARTS) is 1. The monoisotopic (exact) mass is 355 g/mol. The van der Waals surface area contributed by atoms with Gasteiger partial charge in [0.1, 0.15) is 0 Å². The second kappa shape index (κ2) is 7.59. The second-order valence-electron chi connectivity index (χ2n) is 5.10. The highest BCUT2D eigenvalue weighted by atomic mass is 35.5. The van der Waals surface area contributed by atoms with Gasteiger partial charge in [-0.2, -0.15) is 15.0 Å². The predicted molar refractivity (Wildman–Crippen MR) is 95.3 cm³/mol. The maximum atomic E-state index is 10.9. The molecule has 0 unspecified atom stereocenters. The van der Waals surface area contributed by atoms with Crippen LogP contribution in [0.4, 0.5) is 17.6 Å². The van der Waals surface area contributed by atoms with Crippen molar-refractivity contribution in [3.8, 4) is 0 Å². The Labute approximate surface area is 148 Å². The molecule has 0 fully saturated rings. The van der Waals surface area contributed by atoms with Crippen molar-refractivity contribution in [2.24, 2.45) is 0 Å². The minimum atomic E-state index is -0.984. The summed E-state index contributed by atoms with van der Waals surface area (Å²) in [7, 11) is 0. The number of aromatic nitrogens is 3. The summed E-state index contributed by atoms with van der Waals surface area (Å²) in [5.41, 5.74) is 1.92. The quantitative estimate of drug-likeness (QED) is 0.621. The molecule has 126 valence electrons. The molecule has 3 rings (SSSR count). The van der Waals surface area contributed by atoms with Crippen LogP contribution >= 0.6 is 11.6 Å². The fraction of sp³-hybridized carbons (Fsp3) is 0.0588. The molecule has 3 N–H and O–H groups in total. The van der Waals surface area contributed by atoms with Crippen LogP contribution in [0.5, 0.6) is 0 Å². The molecule has 0 bridgehead atoms. The number of rotatable bonds is 6. The van der Waals surface area contributed by atoms with Crippen LogP contribution in [0.2, 0.25) is 5.28 Å². The van der Waals surface area contributed by atoms with E-state index in [0.29, 0.717) is 18.2 Å². The minimum Gasteiger partial charge on any atom is -0.478 e. The average molecular weight is 356 g/mol. The van der Waals surface area contributed by atoms with E-state index in [-0.39, 0.29) is 16.8 Å². The van der Waals surface area contributed by atoms with Gasteiger partial charge in [-0.15, -0.1) is 0 Å². The van der Waals surface area contributed by atoms with Gasteiger partial charge in [0.15, 0.2) is 0 Å². The Balaban J connectivity index is 1.71. The highest BCUT2D eigenvalue weighted by Crippen LogP contribution is 2.17. The van der Waals surface area contributed by atoms with Crippen LogP contribution in [0.1, 0.15) is 15.9 Å². The number of benzene rings is 2. The maximum Gasteiger partial charge on any atom is 0.335 e. The number of nitrogens with zero attached hydrogens (tertiary/aromatic N) is 3. The van der Waals surface area contributed by atoms with Crippen molar-refractivity contribution in [3.63, 3.8) is 0 Å². The maximum absolute atomic E-state index is 10.9. The number of hydrogen-bond acceptors (Lipinski definition) is 6. The zero-order chi connectivity index (χ0) is 17.6. The van der Waals surface area contributed by atoms with E-state index < -0.39 is 5.97 Å². The summed E-state index contributed by atoms with van der Waals surface area (Å²) in [4.78, 5) is 23.2. The molecule has 8 heteroatoms. The smallest absolute Gasteiger partial charge is 0.335 e. The minimum absolute atomic E-state index is 0.0511. The van der Waals surface area contributed by atoms with Gasteiger partial charge in [-0.3, -0.25) is 0 Å². The average Bonchev–Trinajstić information content (AvgIpc) is 2.61. The number of hydrogen-bond donors (Lipinski definition) is 3. The Bertz CT molecular complexity index is 872. The third-order valence-electron chi connectivity index (χ3n) is 3.29. The Morgan fingerprint density at radius 2 is 1.64 bits per heavy atom. The molecule has 0 atom stereocenters. The summed E-state index contributed by atoms with van der Waals surface area (Å²) in [5, 5.41) is 15.0. The largest absolute Gasteiger partial charge is 0.478 e. The van der Waals surface area contributed by atoms with Crippen LogP contribution in [0, 0.1) is 0 Å². The van der Waals surface area contributed by atoms with E-state index in [1.807, 2.05) is 30.3 Å². The van der Waals surface area contributed by atoms with Crippen molar-refractivity contribution in [2.75, 3.05) is 10.6 Å². The van der Waals surface area contributed by atoms with E-state index in [9.17, 15) is 4.79 Å². The normalized spacial score (nSPS) is 10.3. The molecule has 0 spiro atoms. The lowest BCUT2D eigenvalue weighted by Gasteiger charge is -2.08. The first-order chi connectivity index (χ1) is 12.1. The molecule has 2 aromatic carbocycles. The molecule has 0 aliphatic heterocycles. The fourth-order valence-electron chi connectivity index (χ4n) is 2.09. The van der Waals surface area contributed by atoms with Gasteiger partial charge in [-0.1, -0.05) is 30.3 Å². The lowest BCUT2D eigenvalue weighted by atomic mass is 10.2. The van der Waals surface area contributed by atoms with Gasteiger partial charge >= 0.3 is 5.97 Å². The number of anilines is 3. The molecule has 3 aromatic rings. The van der Waals surface area contributed by atoms with Crippen LogP contribution in [-0.2, 0) is 6.54 Å². The van der Waals surface area contributed by atoms with Gasteiger partial charge in [-0.05, 0) is 41.4 Å². The van der Waals surface area contributed by atoms with E-state index in [1.165, 1.54) is 12.1 Å². The SMILES string of the molecule is O=C(O)c1ccc(Nc2nc(Cl)nc(NCc3ccccc3)n2)cc1. The number of nitrogens with one attached hydrogen (secondary N) is 2. The third-order valence-corrected chi connectivity index (χ3v) is 3.46. The van der Waals surface area contributed by atoms with Crippen molar-refractivity contribution in [2.45, 2.75) is 6.54 Å². The summed E-state index contributed by atoms with van der Waals surface area (Å²) in [5.74, 6) is -0.380. The van der Waals surface area contributed by atoms with Gasteiger partial charge < -0.3 is 15.7 Å². The first-order valence-electron chi connectivity index (χ1n) is 7.40. The van der Waals surface area contributed by atoms with Crippen LogP contribution in [0.3, 0.4) is 0 Å². The summed E-state index contributed by atoms with van der Waals surface area (Å²) in [6, 6.07) is 16.0. The first-order valence-corrected chi connectivity index (χ1v) is 7.78. The number of halogens is 1. The van der Waals surface area contributed by atoms with Gasteiger partial charge in [0.2, 0.25) is 17.2 Å². The molecule has 25 heavy (non-hydrogen) atoms. The van der Waals surface area contributed by atoms with E-state index in [2.05, 4.69) is 25.6 Å². The number of carboxylic acids is 1. The molecule has 0 amide bonds. The summed E-state index contributed by atoms with van der Waals surface area (Å²) < 4.78 is 0. The molecular formula is C17H14ClN5O2. The number of aromatic carboxylic acids is 1. The summed E-state index contributed by atoms with van der Waals surface area (Å²) in [6.45, 7) is 0.550. The van der Waals surface area contributed by atoms with Crippen molar-refractivity contribution in [1.29, 1.82) is 0 Å². The first kappa shape index (κ1) is 16.7. The topological polar surface area (TPSA) is 100 Å². The fourth-order valence-corrected chi connectivity index (χ4v) is 2.25. The van der Waals surface area contributed by atoms with Crippen LogP contribution < -0.4 is 10.6 Å². The standard InChI is InChI=1S/C17H14ClN5O2/c18-15-21-16(19-10-11-4-2-1-3-5-11)23-17(22-15)20-13-8-6-12(7-9-13)14(24)25/h1-9H,10H2,(H,24,25)(H2,19,20,21,22,23). The molecular weight excluding hydrogens is 342 g/mol. The Kier molecular flexibility index (Phi) is 5.06. The van der Waals surface area contributed by atoms with Gasteiger partial charge in [0, 0.05) is 12.2 Å². The van der Waals surface area contributed by atoms with Crippen molar-refractivity contribution in [1.82, 2.24) is 15.0 Å². The number of carbonyl (C=O) groups is 1. The Morgan fingerprint density at radius 1 is 0.960 bits per heavy atom. The van der Waals surface area contributed by atoms with Gasteiger partial charge in [0.25, 0.3) is 0 Å². The van der Waals surface area contributed by atoms with Crippen molar-refractivity contribution < 1.29 is 9.90 Å². The van der Waals surface area contributed by atoms with Gasteiger partial charge in [0.05, 0.1) is 5.56 Å². The lowest BCUT2D eigenvalue weighted by molar-refractivity contribution is 0.0697. The van der Waals surface area contributed by atoms with Crippen LogP contribution in [0.15, 0.2) is 54.6 Å². The highest BCUT2D eigenvalue weighted by molar-refractivity contribution is 6.28. The molecule has 1 aromatic heterocycles. The van der Waals surface area contributed by atoms with Crippen molar-refractivity contribution >= 4 is 35.2 Å². The molecule has 0 saturated heterocycles. The zero-order valence-corrected chi connectivity index (χ0v) is 13.7.